The van der Waals surface area contributed by atoms with Crippen molar-refractivity contribution in [2.45, 2.75) is 25.3 Å². The van der Waals surface area contributed by atoms with Crippen molar-refractivity contribution in [3.05, 3.63) is 32.7 Å². The van der Waals surface area contributed by atoms with Crippen LogP contribution in [0.15, 0.2) is 27.1 Å². The highest BCUT2D eigenvalue weighted by Crippen LogP contribution is 2.24. The van der Waals surface area contributed by atoms with Crippen LogP contribution < -0.4 is 0 Å². The van der Waals surface area contributed by atoms with Gasteiger partial charge in [-0.25, -0.2) is 4.79 Å². The molecule has 0 spiro atoms. The van der Waals surface area contributed by atoms with Crippen molar-refractivity contribution in [1.29, 1.82) is 0 Å². The first-order valence-electron chi connectivity index (χ1n) is 6.38. The fraction of sp³-hybridized carbons (Fsp3) is 0.429. The van der Waals surface area contributed by atoms with E-state index < -0.39 is 6.04 Å². The lowest BCUT2D eigenvalue weighted by atomic mass is 10.0. The van der Waals surface area contributed by atoms with Crippen LogP contribution in [0.1, 0.15) is 29.6 Å². The van der Waals surface area contributed by atoms with Crippen LogP contribution in [0.3, 0.4) is 0 Å². The summed E-state index contributed by atoms with van der Waals surface area (Å²) in [6, 6.07) is 4.91. The molecule has 1 fully saturated rings. The third kappa shape index (κ3) is 3.41. The Bertz CT molecular complexity index is 513. The Morgan fingerprint density at radius 1 is 1.20 bits per heavy atom. The van der Waals surface area contributed by atoms with Gasteiger partial charge in [0.1, 0.15) is 6.04 Å². The molecule has 20 heavy (non-hydrogen) atoms. The summed E-state index contributed by atoms with van der Waals surface area (Å²) in [6.45, 7) is 0.586. The average molecular weight is 405 g/mol. The van der Waals surface area contributed by atoms with Crippen LogP contribution >= 0.6 is 31.9 Å². The van der Waals surface area contributed by atoms with E-state index in [0.29, 0.717) is 18.5 Å². The number of carbonyl (C=O) groups excluding carboxylic acids is 2. The summed E-state index contributed by atoms with van der Waals surface area (Å²) < 4.78 is 6.44. The number of hydrogen-bond acceptors (Lipinski definition) is 3. The van der Waals surface area contributed by atoms with Gasteiger partial charge in [-0.15, -0.1) is 0 Å². The average Bonchev–Trinajstić information content (AvgIpc) is 2.44. The van der Waals surface area contributed by atoms with Gasteiger partial charge >= 0.3 is 5.97 Å². The molecule has 1 aromatic rings. The van der Waals surface area contributed by atoms with Crippen molar-refractivity contribution in [1.82, 2.24) is 4.90 Å². The number of rotatable bonds is 2. The Morgan fingerprint density at radius 2 is 1.85 bits per heavy atom. The van der Waals surface area contributed by atoms with Crippen LogP contribution in [-0.2, 0) is 9.53 Å². The molecule has 1 atom stereocenters. The van der Waals surface area contributed by atoms with Crippen LogP contribution in [0.4, 0.5) is 0 Å². The summed E-state index contributed by atoms with van der Waals surface area (Å²) >= 11 is 6.74. The summed E-state index contributed by atoms with van der Waals surface area (Å²) in [4.78, 5) is 26.0. The maximum Gasteiger partial charge on any atom is 0.328 e. The highest BCUT2D eigenvalue weighted by Gasteiger charge is 2.33. The lowest BCUT2D eigenvalue weighted by molar-refractivity contribution is -0.147. The number of methoxy groups -OCH3 is 1. The van der Waals surface area contributed by atoms with Crippen molar-refractivity contribution in [2.75, 3.05) is 13.7 Å². The quantitative estimate of drug-likeness (QED) is 0.710. The van der Waals surface area contributed by atoms with Crippen molar-refractivity contribution >= 4 is 43.7 Å². The topological polar surface area (TPSA) is 46.6 Å². The molecule has 108 valence electrons. The van der Waals surface area contributed by atoms with E-state index in [1.807, 2.05) is 6.07 Å². The summed E-state index contributed by atoms with van der Waals surface area (Å²) in [7, 11) is 1.36. The summed E-state index contributed by atoms with van der Waals surface area (Å²) in [5, 5.41) is 0. The monoisotopic (exact) mass is 403 g/mol. The standard InChI is InChI=1S/C14H15Br2NO3/c1-20-14(19)12-4-2-3-5-17(12)13(18)9-6-10(15)8-11(16)7-9/h6-8,12H,2-5H2,1H3/t12-/m1/s1. The summed E-state index contributed by atoms with van der Waals surface area (Å²) in [5.41, 5.74) is 0.557. The predicted molar refractivity (Wildman–Crippen MR) is 82.5 cm³/mol. The Hall–Kier alpha value is -0.880. The summed E-state index contributed by atoms with van der Waals surface area (Å²) in [5.74, 6) is -0.478. The smallest absolute Gasteiger partial charge is 0.328 e. The van der Waals surface area contributed by atoms with Crippen LogP contribution in [0.2, 0.25) is 0 Å². The van der Waals surface area contributed by atoms with Gasteiger partial charge in [-0.2, -0.15) is 0 Å². The highest BCUT2D eigenvalue weighted by atomic mass is 79.9. The van der Waals surface area contributed by atoms with Crippen LogP contribution in [0.5, 0.6) is 0 Å². The number of esters is 1. The van der Waals surface area contributed by atoms with Crippen molar-refractivity contribution in [3.63, 3.8) is 0 Å². The number of hydrogen-bond donors (Lipinski definition) is 0. The normalized spacial score (nSPS) is 18.8. The first-order chi connectivity index (χ1) is 9.52. The first kappa shape index (κ1) is 15.5. The maximum absolute atomic E-state index is 12.6. The van der Waals surface area contributed by atoms with Gasteiger partial charge in [-0.1, -0.05) is 31.9 Å². The SMILES string of the molecule is COC(=O)[C@H]1CCCCN1C(=O)c1cc(Br)cc(Br)c1. The van der Waals surface area contributed by atoms with Gasteiger partial charge in [0.15, 0.2) is 0 Å². The van der Waals surface area contributed by atoms with Gasteiger partial charge in [0, 0.05) is 21.1 Å². The lowest BCUT2D eigenvalue weighted by Crippen LogP contribution is -2.48. The minimum atomic E-state index is -0.473. The fourth-order valence-electron chi connectivity index (χ4n) is 2.40. The molecule has 1 amide bonds. The Morgan fingerprint density at radius 3 is 2.45 bits per heavy atom. The van der Waals surface area contributed by atoms with Gasteiger partial charge in [-0.05, 0) is 37.5 Å². The number of likely N-dealkylation sites (tertiary alicyclic amines) is 1. The van der Waals surface area contributed by atoms with Crippen molar-refractivity contribution in [3.8, 4) is 0 Å². The second-order valence-corrected chi connectivity index (χ2v) is 6.52. The van der Waals surface area contributed by atoms with Crippen molar-refractivity contribution in [2.24, 2.45) is 0 Å². The number of amides is 1. The molecule has 6 heteroatoms. The third-order valence-electron chi connectivity index (χ3n) is 3.35. The first-order valence-corrected chi connectivity index (χ1v) is 7.96. The number of ether oxygens (including phenoxy) is 1. The van der Waals surface area contributed by atoms with E-state index in [1.165, 1.54) is 7.11 Å². The second kappa shape index (κ2) is 6.72. The van der Waals surface area contributed by atoms with E-state index in [-0.39, 0.29) is 11.9 Å². The molecule has 1 aliphatic rings. The Kier molecular flexibility index (Phi) is 5.21. The van der Waals surface area contributed by atoms with Gasteiger partial charge < -0.3 is 9.64 Å². The van der Waals surface area contributed by atoms with E-state index >= 15 is 0 Å². The van der Waals surface area contributed by atoms with E-state index in [4.69, 9.17) is 4.74 Å². The fourth-order valence-corrected chi connectivity index (χ4v) is 3.69. The van der Waals surface area contributed by atoms with Crippen molar-refractivity contribution < 1.29 is 14.3 Å². The van der Waals surface area contributed by atoms with Gasteiger partial charge in [0.25, 0.3) is 5.91 Å². The van der Waals surface area contributed by atoms with Gasteiger partial charge in [0.2, 0.25) is 0 Å². The van der Waals surface area contributed by atoms with Gasteiger partial charge in [0.05, 0.1) is 7.11 Å². The molecule has 1 aliphatic heterocycles. The molecule has 1 saturated heterocycles. The molecule has 0 saturated carbocycles. The lowest BCUT2D eigenvalue weighted by Gasteiger charge is -2.33. The number of nitrogens with zero attached hydrogens (tertiary/aromatic N) is 1. The van der Waals surface area contributed by atoms with Crippen LogP contribution in [-0.4, -0.2) is 36.5 Å². The molecule has 0 N–H and O–H groups in total. The Balaban J connectivity index is 2.27. The second-order valence-electron chi connectivity index (χ2n) is 4.69. The molecule has 2 rings (SSSR count). The van der Waals surface area contributed by atoms with Crippen LogP contribution in [0.25, 0.3) is 0 Å². The minimum absolute atomic E-state index is 0.137. The van der Waals surface area contributed by atoms with E-state index in [0.717, 1.165) is 21.8 Å². The molecule has 4 nitrogen and oxygen atoms in total. The largest absolute Gasteiger partial charge is 0.467 e. The highest BCUT2D eigenvalue weighted by molar-refractivity contribution is 9.11. The molecule has 0 aliphatic carbocycles. The van der Waals surface area contributed by atoms with Gasteiger partial charge in [-0.3, -0.25) is 4.79 Å². The molecular formula is C14H15Br2NO3. The summed E-state index contributed by atoms with van der Waals surface area (Å²) in [6.07, 6.45) is 2.51. The molecular weight excluding hydrogens is 390 g/mol. The number of carbonyl (C=O) groups is 2. The molecule has 0 radical (unpaired) electrons. The zero-order chi connectivity index (χ0) is 14.7. The molecule has 0 bridgehead atoms. The number of benzene rings is 1. The maximum atomic E-state index is 12.6. The number of halogens is 2. The van der Waals surface area contributed by atoms with E-state index in [9.17, 15) is 9.59 Å². The van der Waals surface area contributed by atoms with Crippen LogP contribution in [0, 0.1) is 0 Å². The Labute approximate surface area is 134 Å². The predicted octanol–water partition coefficient (Wildman–Crippen LogP) is 3.38. The zero-order valence-corrected chi connectivity index (χ0v) is 14.2. The molecule has 1 aromatic carbocycles. The minimum Gasteiger partial charge on any atom is -0.467 e. The number of piperidine rings is 1. The molecule has 0 aromatic heterocycles. The van der Waals surface area contributed by atoms with E-state index in [1.54, 1.807) is 17.0 Å². The third-order valence-corrected chi connectivity index (χ3v) is 4.26. The molecule has 1 heterocycles. The van der Waals surface area contributed by atoms with E-state index in [2.05, 4.69) is 31.9 Å². The zero-order valence-electron chi connectivity index (χ0n) is 11.1. The molecule has 0 unspecified atom stereocenters.